The highest BCUT2D eigenvalue weighted by molar-refractivity contribution is 5.79. The lowest BCUT2D eigenvalue weighted by molar-refractivity contribution is 0.180. The Morgan fingerprint density at radius 2 is 1.72 bits per heavy atom. The summed E-state index contributed by atoms with van der Waals surface area (Å²) >= 11 is 0. The van der Waals surface area contributed by atoms with Gasteiger partial charge in [-0.25, -0.2) is 0 Å². The number of pyridine rings is 1. The van der Waals surface area contributed by atoms with Crippen molar-refractivity contribution in [3.05, 3.63) is 82.1 Å². The zero-order valence-corrected chi connectivity index (χ0v) is 14.7. The molecule has 128 valence electrons. The number of aryl methyl sites for hydroxylation is 1. The molecule has 0 spiro atoms. The van der Waals surface area contributed by atoms with Crippen LogP contribution in [0.15, 0.2) is 65.5 Å². The first-order valence-electron chi connectivity index (χ1n) is 9.09. The maximum Gasteiger partial charge on any atom is 0.251 e. The molecule has 1 aliphatic heterocycles. The van der Waals surface area contributed by atoms with Crippen LogP contribution in [-0.2, 0) is 6.54 Å². The molecular weight excluding hydrogens is 308 g/mol. The molecule has 3 aromatic rings. The van der Waals surface area contributed by atoms with E-state index in [0.717, 1.165) is 43.4 Å². The third-order valence-electron chi connectivity index (χ3n) is 5.26. The highest BCUT2D eigenvalue weighted by Gasteiger charge is 2.22. The van der Waals surface area contributed by atoms with Crippen molar-refractivity contribution in [1.29, 1.82) is 0 Å². The number of likely N-dealkylation sites (tertiary alicyclic amines) is 1. The summed E-state index contributed by atoms with van der Waals surface area (Å²) in [4.78, 5) is 15.0. The molecule has 0 saturated carbocycles. The van der Waals surface area contributed by atoms with E-state index in [2.05, 4.69) is 60.4 Å². The molecule has 0 radical (unpaired) electrons. The second-order valence-corrected chi connectivity index (χ2v) is 7.10. The van der Waals surface area contributed by atoms with Crippen LogP contribution < -0.4 is 5.56 Å². The van der Waals surface area contributed by atoms with Gasteiger partial charge >= 0.3 is 0 Å². The van der Waals surface area contributed by atoms with Crippen LogP contribution >= 0.6 is 0 Å². The number of piperidine rings is 1. The third kappa shape index (κ3) is 3.38. The van der Waals surface area contributed by atoms with Gasteiger partial charge in [-0.2, -0.15) is 0 Å². The van der Waals surface area contributed by atoms with Crippen LogP contribution in [0, 0.1) is 6.92 Å². The van der Waals surface area contributed by atoms with E-state index < -0.39 is 0 Å². The van der Waals surface area contributed by atoms with Gasteiger partial charge in [0.25, 0.3) is 5.56 Å². The average Bonchev–Trinajstić information content (AvgIpc) is 2.64. The summed E-state index contributed by atoms with van der Waals surface area (Å²) in [6, 6.07) is 21.0. The van der Waals surface area contributed by atoms with Gasteiger partial charge in [-0.05, 0) is 48.9 Å². The molecule has 0 unspecified atom stereocenters. The van der Waals surface area contributed by atoms with E-state index in [1.807, 2.05) is 10.6 Å². The summed E-state index contributed by atoms with van der Waals surface area (Å²) in [5.41, 5.74) is 3.78. The van der Waals surface area contributed by atoms with E-state index in [1.54, 1.807) is 6.07 Å². The molecule has 4 rings (SSSR count). The lowest BCUT2D eigenvalue weighted by atomic mass is 10.0. The van der Waals surface area contributed by atoms with Crippen LogP contribution in [0.1, 0.15) is 30.0 Å². The van der Waals surface area contributed by atoms with E-state index in [0.29, 0.717) is 6.04 Å². The number of fused-ring (bicyclic) bond motifs is 1. The van der Waals surface area contributed by atoms with Crippen LogP contribution in [0.4, 0.5) is 0 Å². The van der Waals surface area contributed by atoms with Crippen LogP contribution in [0.25, 0.3) is 10.9 Å². The maximum atomic E-state index is 12.5. The molecule has 0 atom stereocenters. The maximum absolute atomic E-state index is 12.5. The number of rotatable bonds is 3. The van der Waals surface area contributed by atoms with E-state index >= 15 is 0 Å². The second kappa shape index (κ2) is 6.85. The fourth-order valence-electron chi connectivity index (χ4n) is 3.94. The molecule has 3 nitrogen and oxygen atoms in total. The van der Waals surface area contributed by atoms with Crippen molar-refractivity contribution >= 4 is 10.9 Å². The van der Waals surface area contributed by atoms with Gasteiger partial charge in [-0.3, -0.25) is 9.69 Å². The molecule has 1 aromatic heterocycles. The normalized spacial score (nSPS) is 16.4. The Hall–Kier alpha value is -2.39. The van der Waals surface area contributed by atoms with E-state index in [-0.39, 0.29) is 5.56 Å². The van der Waals surface area contributed by atoms with Crippen molar-refractivity contribution in [1.82, 2.24) is 9.47 Å². The van der Waals surface area contributed by atoms with Gasteiger partial charge in [-0.1, -0.05) is 42.0 Å². The van der Waals surface area contributed by atoms with Crippen molar-refractivity contribution in [2.45, 2.75) is 32.4 Å². The van der Waals surface area contributed by atoms with E-state index in [4.69, 9.17) is 0 Å². The summed E-state index contributed by atoms with van der Waals surface area (Å²) in [6.07, 6.45) is 2.06. The Morgan fingerprint density at radius 3 is 2.48 bits per heavy atom. The first-order chi connectivity index (χ1) is 12.2. The van der Waals surface area contributed by atoms with Gasteiger partial charge in [0.2, 0.25) is 0 Å². The lowest BCUT2D eigenvalue weighted by Crippen LogP contribution is -2.37. The Kier molecular flexibility index (Phi) is 4.41. The molecule has 2 heterocycles. The molecule has 1 fully saturated rings. The van der Waals surface area contributed by atoms with Gasteiger partial charge < -0.3 is 4.57 Å². The SMILES string of the molecule is Cc1ccc2c(ccc(=O)n2C2CCN(Cc3ccccc3)CC2)c1. The van der Waals surface area contributed by atoms with Gasteiger partial charge in [0.05, 0.1) is 5.52 Å². The second-order valence-electron chi connectivity index (χ2n) is 7.10. The number of hydrogen-bond acceptors (Lipinski definition) is 2. The molecule has 0 amide bonds. The summed E-state index contributed by atoms with van der Waals surface area (Å²) in [5.74, 6) is 0. The molecule has 0 bridgehead atoms. The van der Waals surface area contributed by atoms with Gasteiger partial charge in [0, 0.05) is 31.7 Å². The number of aromatic nitrogens is 1. The van der Waals surface area contributed by atoms with Gasteiger partial charge in [0.1, 0.15) is 0 Å². The molecule has 0 N–H and O–H groups in total. The zero-order chi connectivity index (χ0) is 17.2. The first-order valence-corrected chi connectivity index (χ1v) is 9.09. The average molecular weight is 332 g/mol. The van der Waals surface area contributed by atoms with Crippen molar-refractivity contribution in [3.63, 3.8) is 0 Å². The van der Waals surface area contributed by atoms with E-state index in [1.165, 1.54) is 11.1 Å². The first kappa shape index (κ1) is 16.1. The van der Waals surface area contributed by atoms with Gasteiger partial charge in [-0.15, -0.1) is 0 Å². The summed E-state index contributed by atoms with van der Waals surface area (Å²) < 4.78 is 2.02. The van der Waals surface area contributed by atoms with Crippen LogP contribution in [-0.4, -0.2) is 22.6 Å². The molecule has 25 heavy (non-hydrogen) atoms. The molecule has 1 saturated heterocycles. The fourth-order valence-corrected chi connectivity index (χ4v) is 3.94. The molecule has 0 aliphatic carbocycles. The number of hydrogen-bond donors (Lipinski definition) is 0. The predicted octanol–water partition coefficient (Wildman–Crippen LogP) is 4.15. The van der Waals surface area contributed by atoms with Crippen LogP contribution in [0.2, 0.25) is 0 Å². The lowest BCUT2D eigenvalue weighted by Gasteiger charge is -2.33. The Morgan fingerprint density at radius 1 is 0.960 bits per heavy atom. The monoisotopic (exact) mass is 332 g/mol. The zero-order valence-electron chi connectivity index (χ0n) is 14.7. The topological polar surface area (TPSA) is 25.2 Å². The molecular formula is C22H24N2O. The fraction of sp³-hybridized carbons (Fsp3) is 0.318. The minimum absolute atomic E-state index is 0.123. The summed E-state index contributed by atoms with van der Waals surface area (Å²) in [7, 11) is 0. The van der Waals surface area contributed by atoms with Crippen molar-refractivity contribution in [2.75, 3.05) is 13.1 Å². The summed E-state index contributed by atoms with van der Waals surface area (Å²) in [5, 5.41) is 1.16. The third-order valence-corrected chi connectivity index (χ3v) is 5.26. The molecule has 1 aliphatic rings. The highest BCUT2D eigenvalue weighted by Crippen LogP contribution is 2.26. The van der Waals surface area contributed by atoms with Crippen LogP contribution in [0.3, 0.4) is 0 Å². The Bertz CT molecular complexity index is 922. The molecule has 2 aromatic carbocycles. The predicted molar refractivity (Wildman–Crippen MR) is 103 cm³/mol. The van der Waals surface area contributed by atoms with Gasteiger partial charge in [0.15, 0.2) is 0 Å². The van der Waals surface area contributed by atoms with Crippen molar-refractivity contribution in [2.24, 2.45) is 0 Å². The van der Waals surface area contributed by atoms with Crippen molar-refractivity contribution in [3.8, 4) is 0 Å². The quantitative estimate of drug-likeness (QED) is 0.720. The standard InChI is InChI=1S/C22H24N2O/c1-17-7-9-21-19(15-17)8-10-22(25)24(21)20-11-13-23(14-12-20)16-18-5-3-2-4-6-18/h2-10,15,20H,11-14,16H2,1H3. The Labute approximate surface area is 148 Å². The minimum Gasteiger partial charge on any atom is -0.305 e. The van der Waals surface area contributed by atoms with Crippen molar-refractivity contribution < 1.29 is 0 Å². The smallest absolute Gasteiger partial charge is 0.251 e. The largest absolute Gasteiger partial charge is 0.305 e. The Balaban J connectivity index is 1.54. The van der Waals surface area contributed by atoms with E-state index in [9.17, 15) is 4.79 Å². The van der Waals surface area contributed by atoms with Crippen LogP contribution in [0.5, 0.6) is 0 Å². The number of benzene rings is 2. The number of nitrogens with zero attached hydrogens (tertiary/aromatic N) is 2. The summed E-state index contributed by atoms with van der Waals surface area (Å²) in [6.45, 7) is 5.16. The highest BCUT2D eigenvalue weighted by atomic mass is 16.1. The minimum atomic E-state index is 0.123. The molecule has 3 heteroatoms.